The molecule has 20 heteroatoms. The Hall–Kier alpha value is -3.83. The van der Waals surface area contributed by atoms with Crippen molar-refractivity contribution in [2.45, 2.75) is 184 Å². The molecule has 3 amide bonds. The molecule has 360 valence electrons. The van der Waals surface area contributed by atoms with Crippen LogP contribution in [0.4, 0.5) is 0 Å². The summed E-state index contributed by atoms with van der Waals surface area (Å²) < 4.78 is 31.2. The summed E-state index contributed by atoms with van der Waals surface area (Å²) in [4.78, 5) is 62.1. The predicted octanol–water partition coefficient (Wildman–Crippen LogP) is 0.210. The quantitative estimate of drug-likeness (QED) is 0.0836. The van der Waals surface area contributed by atoms with E-state index in [4.69, 9.17) is 28.8 Å². The molecule has 15 atom stereocenters. The molecule has 2 saturated heterocycles. The van der Waals surface area contributed by atoms with Crippen LogP contribution in [0.5, 0.6) is 0 Å². The molecule has 2 aliphatic carbocycles. The molecule has 64 heavy (non-hydrogen) atoms. The molecule has 1 aromatic rings. The maximum atomic E-state index is 14.0. The molecule has 10 N–H and O–H groups in total. The molecule has 2 heterocycles. The van der Waals surface area contributed by atoms with Crippen LogP contribution in [-0.4, -0.2) is 152 Å². The summed E-state index contributed by atoms with van der Waals surface area (Å²) >= 11 is 0. The van der Waals surface area contributed by atoms with E-state index in [1.165, 1.54) is 13.8 Å². The van der Waals surface area contributed by atoms with Gasteiger partial charge in [-0.15, -0.1) is 0 Å². The number of carbonyl (C=O) groups is 5. The van der Waals surface area contributed by atoms with E-state index in [0.29, 0.717) is 6.42 Å². The fraction of sp³-hybridized carbons (Fsp3) is 0.750. The summed E-state index contributed by atoms with van der Waals surface area (Å²) in [7, 11) is 0. The number of amides is 3. The number of aliphatic hydroxyl groups is 5. The summed E-state index contributed by atoms with van der Waals surface area (Å²) in [5.41, 5.74) is 1.51. The molecule has 0 spiro atoms. The monoisotopic (exact) mass is 909 g/mol. The third-order valence-electron chi connectivity index (χ3n) is 12.9. The zero-order chi connectivity index (χ0) is 46.7. The van der Waals surface area contributed by atoms with Gasteiger partial charge in [0.1, 0.15) is 42.7 Å². The number of aliphatic hydroxyl groups excluding tert-OH is 5. The summed E-state index contributed by atoms with van der Waals surface area (Å²) in [6, 6.07) is 5.78. The van der Waals surface area contributed by atoms with Crippen molar-refractivity contribution in [1.29, 1.82) is 0 Å². The number of nitrogens with one attached hydrogen (secondary N) is 3. The second-order valence-electron chi connectivity index (χ2n) is 17.6. The van der Waals surface area contributed by atoms with E-state index in [9.17, 15) is 54.6 Å². The van der Waals surface area contributed by atoms with Crippen molar-refractivity contribution in [3.63, 3.8) is 0 Å². The lowest BCUT2D eigenvalue weighted by atomic mass is 9.75. The van der Waals surface area contributed by atoms with Crippen molar-refractivity contribution in [3.8, 4) is 0 Å². The molecule has 1 aromatic carbocycles. The topological polar surface area (TPSA) is 309 Å². The molecule has 0 bridgehead atoms. The third-order valence-corrected chi connectivity index (χ3v) is 12.9. The Balaban J connectivity index is 1.37. The second kappa shape index (κ2) is 24.1. The van der Waals surface area contributed by atoms with E-state index in [2.05, 4.69) is 16.0 Å². The SMILES string of the molecule is CCC1CC(C(=O)NCc2ccc(CNC(=O)CCC(=O)O)cc2)C[C@@H](O[C@@H]2OC(CO)[C@H](O)C(O[C@@H](CC3CCCCC3)C(=O)O)C2NC(C)=O)C1O[C@@H]1OC(C)[C@@H](O)C(O)C1O. The van der Waals surface area contributed by atoms with Gasteiger partial charge in [-0.1, -0.05) is 69.7 Å². The number of hydrogen-bond donors (Lipinski definition) is 10. The smallest absolute Gasteiger partial charge is 0.332 e. The van der Waals surface area contributed by atoms with Gasteiger partial charge in [-0.2, -0.15) is 0 Å². The first-order valence-corrected chi connectivity index (χ1v) is 22.4. The summed E-state index contributed by atoms with van der Waals surface area (Å²) in [6.45, 7) is 4.19. The number of carboxylic acids is 2. The van der Waals surface area contributed by atoms with Gasteiger partial charge in [0.25, 0.3) is 0 Å². The highest BCUT2D eigenvalue weighted by Crippen LogP contribution is 2.40. The van der Waals surface area contributed by atoms with Crippen LogP contribution in [0.3, 0.4) is 0 Å². The largest absolute Gasteiger partial charge is 0.481 e. The van der Waals surface area contributed by atoms with Crippen LogP contribution in [0.2, 0.25) is 0 Å². The Kier molecular flexibility index (Phi) is 19.3. The Morgan fingerprint density at radius 1 is 0.797 bits per heavy atom. The normalized spacial score (nSPS) is 34.0. The molecule has 4 fully saturated rings. The van der Waals surface area contributed by atoms with E-state index < -0.39 is 122 Å². The van der Waals surface area contributed by atoms with Crippen LogP contribution < -0.4 is 16.0 Å². The molecule has 9 unspecified atom stereocenters. The minimum atomic E-state index is -1.67. The highest BCUT2D eigenvalue weighted by atomic mass is 16.7. The number of benzene rings is 1. The van der Waals surface area contributed by atoms with Crippen molar-refractivity contribution in [2.75, 3.05) is 6.61 Å². The highest BCUT2D eigenvalue weighted by molar-refractivity contribution is 5.80. The number of carbonyl (C=O) groups excluding carboxylic acids is 3. The maximum absolute atomic E-state index is 14.0. The Morgan fingerprint density at radius 2 is 1.45 bits per heavy atom. The average Bonchev–Trinajstić information content (AvgIpc) is 3.27. The van der Waals surface area contributed by atoms with Gasteiger partial charge in [-0.3, -0.25) is 19.2 Å². The highest BCUT2D eigenvalue weighted by Gasteiger charge is 2.53. The lowest BCUT2D eigenvalue weighted by Crippen LogP contribution is -2.67. The van der Waals surface area contributed by atoms with Crippen molar-refractivity contribution in [3.05, 3.63) is 35.4 Å². The van der Waals surface area contributed by atoms with Crippen LogP contribution >= 0.6 is 0 Å². The summed E-state index contributed by atoms with van der Waals surface area (Å²) in [6.07, 6.45) is -11.3. The minimum absolute atomic E-state index is 0.0129. The number of carboxylic acid groups (broad SMARTS) is 2. The van der Waals surface area contributed by atoms with Crippen molar-refractivity contribution < 1.29 is 83.4 Å². The molecule has 2 saturated carbocycles. The first kappa shape index (κ1) is 51.2. The van der Waals surface area contributed by atoms with E-state index in [1.807, 2.05) is 6.92 Å². The van der Waals surface area contributed by atoms with Crippen LogP contribution in [0.1, 0.15) is 103 Å². The number of rotatable bonds is 20. The standard InChI is InChI=1S/C44H67N3O17/c1-4-27-17-28(41(57)46-20-26-12-10-25(11-13-26)19-45-32(50)14-15-33(51)52)18-29(39(27)64-44-38(56)37(55)35(53)22(2)60-44)62-43-34(47-23(3)49)40(36(54)31(21-48)63-43)61-30(42(58)59)16-24-8-6-5-7-9-24/h10-13,22,24,27-31,34-40,43-44,48,53-56H,4-9,14-21H2,1-3H3,(H,45,50)(H,46,57)(H,47,49)(H,51,52)(H,58,59)/t22?,27?,28?,29-,30+,31?,34?,35-,36+,37?,38?,39?,40?,43-,44+/m1/s1. The molecule has 0 radical (unpaired) electrons. The van der Waals surface area contributed by atoms with Crippen molar-refractivity contribution >= 4 is 29.7 Å². The zero-order valence-electron chi connectivity index (χ0n) is 36.7. The van der Waals surface area contributed by atoms with Gasteiger partial charge < -0.3 is 75.4 Å². The lowest BCUT2D eigenvalue weighted by molar-refractivity contribution is -0.338. The fourth-order valence-electron chi connectivity index (χ4n) is 9.19. The van der Waals surface area contributed by atoms with Gasteiger partial charge in [-0.25, -0.2) is 4.79 Å². The van der Waals surface area contributed by atoms with Gasteiger partial charge in [0.05, 0.1) is 31.3 Å². The second-order valence-corrected chi connectivity index (χ2v) is 17.6. The molecule has 4 aliphatic rings. The Labute approximate surface area is 372 Å². The zero-order valence-corrected chi connectivity index (χ0v) is 36.7. The van der Waals surface area contributed by atoms with E-state index >= 15 is 0 Å². The molecule has 5 rings (SSSR count). The van der Waals surface area contributed by atoms with Gasteiger partial charge >= 0.3 is 11.9 Å². The number of ether oxygens (including phenoxy) is 5. The molecular formula is C44H67N3O17. The summed E-state index contributed by atoms with van der Waals surface area (Å²) in [5.74, 6) is -4.71. The van der Waals surface area contributed by atoms with Crippen LogP contribution in [0.25, 0.3) is 0 Å². The minimum Gasteiger partial charge on any atom is -0.481 e. The van der Waals surface area contributed by atoms with Gasteiger partial charge in [0.15, 0.2) is 18.7 Å². The predicted molar refractivity (Wildman–Crippen MR) is 222 cm³/mol. The molecular weight excluding hydrogens is 842 g/mol. The van der Waals surface area contributed by atoms with Gasteiger partial charge in [0, 0.05) is 32.4 Å². The van der Waals surface area contributed by atoms with Crippen molar-refractivity contribution in [2.24, 2.45) is 17.8 Å². The summed E-state index contributed by atoms with van der Waals surface area (Å²) in [5, 5.41) is 81.3. The van der Waals surface area contributed by atoms with E-state index in [0.717, 1.165) is 43.2 Å². The van der Waals surface area contributed by atoms with Crippen LogP contribution in [-0.2, 0) is 60.7 Å². The maximum Gasteiger partial charge on any atom is 0.332 e. The lowest BCUT2D eigenvalue weighted by Gasteiger charge is -2.49. The number of aliphatic carboxylic acids is 2. The van der Waals surface area contributed by atoms with Gasteiger partial charge in [-0.05, 0) is 49.1 Å². The van der Waals surface area contributed by atoms with E-state index in [1.54, 1.807) is 24.3 Å². The fourth-order valence-corrected chi connectivity index (χ4v) is 9.19. The third kappa shape index (κ3) is 13.8. The van der Waals surface area contributed by atoms with Crippen LogP contribution in [0, 0.1) is 17.8 Å². The Bertz CT molecular complexity index is 1700. The first-order chi connectivity index (χ1) is 30.5. The first-order valence-electron chi connectivity index (χ1n) is 22.4. The molecule has 2 aliphatic heterocycles. The molecule has 20 nitrogen and oxygen atoms in total. The van der Waals surface area contributed by atoms with E-state index in [-0.39, 0.29) is 57.0 Å². The van der Waals surface area contributed by atoms with Crippen LogP contribution in [0.15, 0.2) is 24.3 Å². The van der Waals surface area contributed by atoms with Crippen molar-refractivity contribution in [1.82, 2.24) is 16.0 Å². The average molecular weight is 910 g/mol. The van der Waals surface area contributed by atoms with Gasteiger partial charge in [0.2, 0.25) is 17.7 Å². The number of hydrogen-bond acceptors (Lipinski definition) is 15. The molecule has 0 aromatic heterocycles. The Morgan fingerprint density at radius 3 is 2.05 bits per heavy atom.